The van der Waals surface area contributed by atoms with E-state index in [4.69, 9.17) is 0 Å². The molecule has 3 aliphatic carbocycles. The number of fused-ring (bicyclic) bond motifs is 7. The van der Waals surface area contributed by atoms with E-state index in [1.54, 1.807) is 27.8 Å². The molecule has 3 aromatic rings. The molecule has 0 heterocycles. The van der Waals surface area contributed by atoms with E-state index in [0.29, 0.717) is 11.8 Å². The van der Waals surface area contributed by atoms with Crippen LogP contribution < -0.4 is 0 Å². The van der Waals surface area contributed by atoms with Gasteiger partial charge in [0.15, 0.2) is 0 Å². The van der Waals surface area contributed by atoms with Crippen molar-refractivity contribution in [2.24, 2.45) is 0 Å². The zero-order chi connectivity index (χ0) is 16.8. The Bertz CT molecular complexity index is 1080. The second kappa shape index (κ2) is 4.32. The van der Waals surface area contributed by atoms with Gasteiger partial charge in [-0.3, -0.25) is 0 Å². The normalized spacial score (nSPS) is 26.8. The first-order chi connectivity index (χ1) is 12.3. The molecule has 0 bridgehead atoms. The highest BCUT2D eigenvalue weighted by Crippen LogP contribution is 2.77. The van der Waals surface area contributed by atoms with Crippen LogP contribution in [-0.4, -0.2) is 0 Å². The number of aryl methyl sites for hydroxylation is 1. The zero-order valence-corrected chi connectivity index (χ0v) is 14.6. The van der Waals surface area contributed by atoms with Crippen molar-refractivity contribution in [1.29, 1.82) is 0 Å². The van der Waals surface area contributed by atoms with Gasteiger partial charge in [-0.2, -0.15) is 0 Å². The summed E-state index contributed by atoms with van der Waals surface area (Å²) in [5.41, 5.74) is 12.4. The molecule has 0 amide bonds. The summed E-state index contributed by atoms with van der Waals surface area (Å²) >= 11 is 0. The zero-order valence-electron chi connectivity index (χ0n) is 14.6. The Morgan fingerprint density at radius 1 is 0.760 bits per heavy atom. The third-order valence-corrected chi connectivity index (χ3v) is 6.81. The molecule has 0 N–H and O–H groups in total. The molecule has 0 saturated carbocycles. The fourth-order valence-electron chi connectivity index (χ4n) is 6.08. The standard InChI is InChI=1S/C25H20/c1-3-8-16-14-13-15(2)21-22(16)24-18-10-5-7-12-20(18)25(24)19-11-6-4-9-17(19)23(21)25/h3-14,23-24H,1-2H3/b8-3+. The maximum atomic E-state index is 2.37. The van der Waals surface area contributed by atoms with Crippen molar-refractivity contribution in [3.63, 3.8) is 0 Å². The minimum Gasteiger partial charge on any atom is -0.0871 e. The average molecular weight is 320 g/mol. The summed E-state index contributed by atoms with van der Waals surface area (Å²) in [6, 6.07) is 22.9. The van der Waals surface area contributed by atoms with Gasteiger partial charge in [0.2, 0.25) is 0 Å². The van der Waals surface area contributed by atoms with Crippen LogP contribution in [0.4, 0.5) is 0 Å². The Hall–Kier alpha value is -2.60. The predicted molar refractivity (Wildman–Crippen MR) is 103 cm³/mol. The average Bonchev–Trinajstić information content (AvgIpc) is 2.85. The molecule has 120 valence electrons. The van der Waals surface area contributed by atoms with Gasteiger partial charge >= 0.3 is 0 Å². The second-order valence-electron chi connectivity index (χ2n) is 7.71. The fraction of sp³-hybridized carbons (Fsp3) is 0.200. The minimum absolute atomic E-state index is 0.192. The number of benzene rings is 3. The molecule has 3 aliphatic rings. The monoisotopic (exact) mass is 320 g/mol. The Balaban J connectivity index is 1.76. The second-order valence-corrected chi connectivity index (χ2v) is 7.71. The molecule has 0 nitrogen and oxygen atoms in total. The van der Waals surface area contributed by atoms with Gasteiger partial charge in [-0.1, -0.05) is 72.8 Å². The largest absolute Gasteiger partial charge is 0.0871 e. The van der Waals surface area contributed by atoms with Crippen molar-refractivity contribution >= 4 is 6.08 Å². The molecule has 0 radical (unpaired) electrons. The Morgan fingerprint density at radius 2 is 1.36 bits per heavy atom. The van der Waals surface area contributed by atoms with Crippen molar-refractivity contribution in [1.82, 2.24) is 0 Å². The third-order valence-electron chi connectivity index (χ3n) is 6.81. The highest BCUT2D eigenvalue weighted by molar-refractivity contribution is 5.82. The fourth-order valence-corrected chi connectivity index (χ4v) is 6.08. The molecule has 0 heteroatoms. The number of hydrogen-bond acceptors (Lipinski definition) is 0. The maximum Gasteiger partial charge on any atom is 0.0427 e. The van der Waals surface area contributed by atoms with Gasteiger partial charge in [-0.25, -0.2) is 0 Å². The third kappa shape index (κ3) is 1.28. The molecule has 0 fully saturated rings. The summed E-state index contributed by atoms with van der Waals surface area (Å²) in [7, 11) is 0. The molecule has 3 atom stereocenters. The van der Waals surface area contributed by atoms with Crippen LogP contribution in [-0.2, 0) is 5.41 Å². The lowest BCUT2D eigenvalue weighted by atomic mass is 9.43. The van der Waals surface area contributed by atoms with Crippen molar-refractivity contribution < 1.29 is 0 Å². The van der Waals surface area contributed by atoms with E-state index in [0.717, 1.165) is 0 Å². The molecule has 1 spiro atoms. The quantitative estimate of drug-likeness (QED) is 0.522. The van der Waals surface area contributed by atoms with Crippen molar-refractivity contribution in [2.75, 3.05) is 0 Å². The van der Waals surface area contributed by atoms with Gasteiger partial charge in [-0.05, 0) is 58.4 Å². The molecule has 0 aromatic heterocycles. The summed E-state index contributed by atoms with van der Waals surface area (Å²) in [6.45, 7) is 4.41. The van der Waals surface area contributed by atoms with Crippen molar-refractivity contribution in [3.05, 3.63) is 111 Å². The van der Waals surface area contributed by atoms with Crippen LogP contribution in [0.15, 0.2) is 66.7 Å². The SMILES string of the molecule is C/C=C/c1ccc(C)c2c1C1c3ccccc3C13c1ccccc1C23. The van der Waals surface area contributed by atoms with Gasteiger partial charge < -0.3 is 0 Å². The summed E-state index contributed by atoms with van der Waals surface area (Å²) in [6.07, 6.45) is 4.47. The molecular formula is C25H20. The molecular weight excluding hydrogens is 300 g/mol. The smallest absolute Gasteiger partial charge is 0.0427 e. The van der Waals surface area contributed by atoms with E-state index in [-0.39, 0.29) is 5.41 Å². The maximum absolute atomic E-state index is 2.37. The summed E-state index contributed by atoms with van der Waals surface area (Å²) in [5, 5.41) is 0. The molecule has 0 saturated heterocycles. The molecule has 0 aliphatic heterocycles. The Kier molecular flexibility index (Phi) is 2.36. The van der Waals surface area contributed by atoms with E-state index < -0.39 is 0 Å². The van der Waals surface area contributed by atoms with Crippen LogP contribution >= 0.6 is 0 Å². The van der Waals surface area contributed by atoms with Gasteiger partial charge in [0.05, 0.1) is 0 Å². The molecule has 25 heavy (non-hydrogen) atoms. The molecule has 6 rings (SSSR count). The van der Waals surface area contributed by atoms with Crippen LogP contribution in [0.25, 0.3) is 6.08 Å². The van der Waals surface area contributed by atoms with Crippen LogP contribution in [0.5, 0.6) is 0 Å². The van der Waals surface area contributed by atoms with Crippen LogP contribution in [0.3, 0.4) is 0 Å². The van der Waals surface area contributed by atoms with Crippen molar-refractivity contribution in [3.8, 4) is 0 Å². The van der Waals surface area contributed by atoms with Crippen LogP contribution in [0, 0.1) is 6.92 Å². The highest BCUT2D eigenvalue weighted by Gasteiger charge is 2.69. The predicted octanol–water partition coefficient (Wildman–Crippen LogP) is 5.92. The number of rotatable bonds is 1. The van der Waals surface area contributed by atoms with Crippen molar-refractivity contribution in [2.45, 2.75) is 31.1 Å². The first-order valence-electron chi connectivity index (χ1n) is 9.25. The Morgan fingerprint density at radius 3 is 2.00 bits per heavy atom. The van der Waals surface area contributed by atoms with E-state index in [1.807, 2.05) is 0 Å². The number of allylic oxidation sites excluding steroid dienone is 1. The van der Waals surface area contributed by atoms with Gasteiger partial charge in [0.25, 0.3) is 0 Å². The lowest BCUT2D eigenvalue weighted by molar-refractivity contribution is 0.332. The lowest BCUT2D eigenvalue weighted by Crippen LogP contribution is -2.52. The summed E-state index contributed by atoms with van der Waals surface area (Å²) in [5.74, 6) is 1.05. The summed E-state index contributed by atoms with van der Waals surface area (Å²) < 4.78 is 0. The first-order valence-corrected chi connectivity index (χ1v) is 9.25. The van der Waals surface area contributed by atoms with E-state index in [1.165, 1.54) is 16.7 Å². The van der Waals surface area contributed by atoms with E-state index in [9.17, 15) is 0 Å². The Labute approximate surface area is 148 Å². The van der Waals surface area contributed by atoms with Gasteiger partial charge in [0, 0.05) is 17.3 Å². The number of hydrogen-bond donors (Lipinski definition) is 0. The highest BCUT2D eigenvalue weighted by atomic mass is 14.7. The van der Waals surface area contributed by atoms with E-state index >= 15 is 0 Å². The topological polar surface area (TPSA) is 0 Å². The van der Waals surface area contributed by atoms with Crippen LogP contribution in [0.2, 0.25) is 0 Å². The minimum atomic E-state index is 0.192. The summed E-state index contributed by atoms with van der Waals surface area (Å²) in [4.78, 5) is 0. The molecule has 3 aromatic carbocycles. The van der Waals surface area contributed by atoms with Gasteiger partial charge in [-0.15, -0.1) is 0 Å². The lowest BCUT2D eigenvalue weighted by Gasteiger charge is -2.58. The van der Waals surface area contributed by atoms with Crippen LogP contribution in [0.1, 0.15) is 63.3 Å². The molecule has 3 unspecified atom stereocenters. The van der Waals surface area contributed by atoms with Gasteiger partial charge in [0.1, 0.15) is 0 Å². The first kappa shape index (κ1) is 13.7. The van der Waals surface area contributed by atoms with E-state index in [2.05, 4.69) is 86.7 Å².